The van der Waals surface area contributed by atoms with Gasteiger partial charge in [-0.05, 0) is 42.5 Å². The molecule has 0 saturated carbocycles. The second-order valence-corrected chi connectivity index (χ2v) is 6.67. The number of aryl methyl sites for hydroxylation is 2. The van der Waals surface area contributed by atoms with Crippen molar-refractivity contribution >= 4 is 5.91 Å². The number of benzene rings is 1. The lowest BCUT2D eigenvalue weighted by atomic mass is 10.0. The normalized spacial score (nSPS) is 19.2. The van der Waals surface area contributed by atoms with E-state index < -0.39 is 0 Å². The van der Waals surface area contributed by atoms with Crippen molar-refractivity contribution in [3.05, 3.63) is 41.7 Å². The predicted molar refractivity (Wildman–Crippen MR) is 92.6 cm³/mol. The standard InChI is InChI=1S/C19H23N3O3/c1-21-13-14(12-20-21)4-7-19(23)22-8-2-3-16(22)15-5-6-17-18(11-15)25-10-9-24-17/h5-6,11-13,16H,2-4,7-10H2,1H3/t16-/m0/s1. The molecule has 1 saturated heterocycles. The number of ether oxygens (including phenoxy) is 2. The summed E-state index contributed by atoms with van der Waals surface area (Å²) >= 11 is 0. The summed E-state index contributed by atoms with van der Waals surface area (Å²) in [4.78, 5) is 14.8. The van der Waals surface area contributed by atoms with Crippen LogP contribution in [-0.4, -0.2) is 40.3 Å². The summed E-state index contributed by atoms with van der Waals surface area (Å²) in [6.07, 6.45) is 7.09. The molecule has 132 valence electrons. The van der Waals surface area contributed by atoms with Crippen molar-refractivity contribution in [2.45, 2.75) is 31.7 Å². The first-order valence-corrected chi connectivity index (χ1v) is 8.87. The Morgan fingerprint density at radius 3 is 2.92 bits per heavy atom. The molecule has 2 aliphatic heterocycles. The molecule has 0 radical (unpaired) electrons. The summed E-state index contributed by atoms with van der Waals surface area (Å²) in [5.74, 6) is 1.79. The van der Waals surface area contributed by atoms with Gasteiger partial charge in [-0.1, -0.05) is 6.07 Å². The van der Waals surface area contributed by atoms with Crippen molar-refractivity contribution in [2.24, 2.45) is 7.05 Å². The zero-order valence-corrected chi connectivity index (χ0v) is 14.5. The number of fused-ring (bicyclic) bond motifs is 1. The molecule has 0 unspecified atom stereocenters. The van der Waals surface area contributed by atoms with Crippen molar-refractivity contribution in [3.8, 4) is 11.5 Å². The maximum absolute atomic E-state index is 12.7. The molecule has 6 nitrogen and oxygen atoms in total. The highest BCUT2D eigenvalue weighted by molar-refractivity contribution is 5.77. The van der Waals surface area contributed by atoms with Gasteiger partial charge in [-0.3, -0.25) is 9.48 Å². The first-order chi connectivity index (χ1) is 12.2. The highest BCUT2D eigenvalue weighted by atomic mass is 16.6. The molecule has 25 heavy (non-hydrogen) atoms. The van der Waals surface area contributed by atoms with E-state index in [0.29, 0.717) is 19.6 Å². The number of carbonyl (C=O) groups excluding carboxylic acids is 1. The number of rotatable bonds is 4. The van der Waals surface area contributed by atoms with Gasteiger partial charge in [0.1, 0.15) is 13.2 Å². The van der Waals surface area contributed by atoms with Gasteiger partial charge in [-0.25, -0.2) is 0 Å². The molecule has 1 amide bonds. The Morgan fingerprint density at radius 2 is 2.12 bits per heavy atom. The summed E-state index contributed by atoms with van der Waals surface area (Å²) in [6, 6.07) is 6.19. The Balaban J connectivity index is 1.45. The fourth-order valence-corrected chi connectivity index (χ4v) is 3.67. The molecule has 1 atom stereocenters. The minimum absolute atomic E-state index is 0.136. The predicted octanol–water partition coefficient (Wildman–Crippen LogP) is 2.49. The van der Waals surface area contributed by atoms with Gasteiger partial charge in [0.15, 0.2) is 11.5 Å². The zero-order valence-electron chi connectivity index (χ0n) is 14.5. The zero-order chi connectivity index (χ0) is 17.2. The first kappa shape index (κ1) is 16.0. The van der Waals surface area contributed by atoms with Crippen LogP contribution < -0.4 is 9.47 Å². The van der Waals surface area contributed by atoms with Gasteiger partial charge in [0.2, 0.25) is 5.91 Å². The fourth-order valence-electron chi connectivity index (χ4n) is 3.67. The maximum Gasteiger partial charge on any atom is 0.223 e. The Kier molecular flexibility index (Phi) is 4.34. The number of hydrogen-bond donors (Lipinski definition) is 0. The van der Waals surface area contributed by atoms with E-state index in [9.17, 15) is 4.79 Å². The lowest BCUT2D eigenvalue weighted by molar-refractivity contribution is -0.132. The molecule has 1 aromatic heterocycles. The van der Waals surface area contributed by atoms with Crippen LogP contribution in [-0.2, 0) is 18.3 Å². The third-order valence-electron chi connectivity index (χ3n) is 4.91. The Labute approximate surface area is 147 Å². The Morgan fingerprint density at radius 1 is 1.28 bits per heavy atom. The molecular weight excluding hydrogens is 318 g/mol. The van der Waals surface area contributed by atoms with Crippen LogP contribution in [0, 0.1) is 0 Å². The number of hydrogen-bond acceptors (Lipinski definition) is 4. The molecule has 2 aromatic rings. The summed E-state index contributed by atoms with van der Waals surface area (Å²) in [6.45, 7) is 1.99. The second-order valence-electron chi connectivity index (χ2n) is 6.67. The number of aromatic nitrogens is 2. The maximum atomic E-state index is 12.7. The highest BCUT2D eigenvalue weighted by Gasteiger charge is 2.30. The summed E-state index contributed by atoms with van der Waals surface area (Å²) in [5.41, 5.74) is 2.24. The molecule has 6 heteroatoms. The molecule has 4 rings (SSSR count). The van der Waals surface area contributed by atoms with Crippen LogP contribution >= 0.6 is 0 Å². The summed E-state index contributed by atoms with van der Waals surface area (Å²) in [7, 11) is 1.89. The van der Waals surface area contributed by atoms with Gasteiger partial charge in [-0.15, -0.1) is 0 Å². The van der Waals surface area contributed by atoms with Crippen LogP contribution in [0.15, 0.2) is 30.6 Å². The van der Waals surface area contributed by atoms with Gasteiger partial charge in [0.05, 0.1) is 12.2 Å². The molecule has 3 heterocycles. The summed E-state index contributed by atoms with van der Waals surface area (Å²) in [5, 5.41) is 4.16. The minimum Gasteiger partial charge on any atom is -0.486 e. The number of amides is 1. The van der Waals surface area contributed by atoms with E-state index in [1.807, 2.05) is 36.5 Å². The quantitative estimate of drug-likeness (QED) is 0.857. The van der Waals surface area contributed by atoms with Crippen LogP contribution in [0.2, 0.25) is 0 Å². The van der Waals surface area contributed by atoms with E-state index >= 15 is 0 Å². The first-order valence-electron chi connectivity index (χ1n) is 8.87. The molecule has 0 aliphatic carbocycles. The number of carbonyl (C=O) groups is 1. The molecule has 0 bridgehead atoms. The van der Waals surface area contributed by atoms with Crippen LogP contribution in [0.4, 0.5) is 0 Å². The minimum atomic E-state index is 0.136. The van der Waals surface area contributed by atoms with Crippen molar-refractivity contribution < 1.29 is 14.3 Å². The molecular formula is C19H23N3O3. The lowest BCUT2D eigenvalue weighted by Gasteiger charge is -2.26. The second kappa shape index (κ2) is 6.78. The average Bonchev–Trinajstić information content (AvgIpc) is 3.28. The van der Waals surface area contributed by atoms with Gasteiger partial charge in [0, 0.05) is 26.2 Å². The van der Waals surface area contributed by atoms with Crippen molar-refractivity contribution in [1.82, 2.24) is 14.7 Å². The smallest absolute Gasteiger partial charge is 0.223 e. The van der Waals surface area contributed by atoms with E-state index in [4.69, 9.17) is 9.47 Å². The van der Waals surface area contributed by atoms with Gasteiger partial charge >= 0.3 is 0 Å². The van der Waals surface area contributed by atoms with Crippen LogP contribution in [0.5, 0.6) is 11.5 Å². The largest absolute Gasteiger partial charge is 0.486 e. The fraction of sp³-hybridized carbons (Fsp3) is 0.474. The van der Waals surface area contributed by atoms with Crippen molar-refractivity contribution in [2.75, 3.05) is 19.8 Å². The SMILES string of the molecule is Cn1cc(CCC(=O)N2CCC[C@H]2c2ccc3c(c2)OCCO3)cn1. The monoisotopic (exact) mass is 341 g/mol. The Bertz CT molecular complexity index is 771. The van der Waals surface area contributed by atoms with Crippen LogP contribution in [0.3, 0.4) is 0 Å². The molecule has 0 N–H and O–H groups in total. The van der Waals surface area contributed by atoms with Crippen LogP contribution in [0.25, 0.3) is 0 Å². The Hall–Kier alpha value is -2.50. The van der Waals surface area contributed by atoms with Gasteiger partial charge in [0.25, 0.3) is 0 Å². The van der Waals surface area contributed by atoms with Gasteiger partial charge < -0.3 is 14.4 Å². The number of likely N-dealkylation sites (tertiary alicyclic amines) is 1. The van der Waals surface area contributed by atoms with E-state index in [2.05, 4.69) is 11.2 Å². The molecule has 0 spiro atoms. The van der Waals surface area contributed by atoms with E-state index in [1.165, 1.54) is 0 Å². The van der Waals surface area contributed by atoms with Crippen molar-refractivity contribution in [3.63, 3.8) is 0 Å². The lowest BCUT2D eigenvalue weighted by Crippen LogP contribution is -2.30. The van der Waals surface area contributed by atoms with E-state index in [0.717, 1.165) is 48.4 Å². The molecule has 1 aromatic carbocycles. The molecule has 2 aliphatic rings. The van der Waals surface area contributed by atoms with E-state index in [-0.39, 0.29) is 11.9 Å². The van der Waals surface area contributed by atoms with Crippen LogP contribution in [0.1, 0.15) is 36.4 Å². The highest BCUT2D eigenvalue weighted by Crippen LogP contribution is 2.38. The average molecular weight is 341 g/mol. The van der Waals surface area contributed by atoms with Crippen molar-refractivity contribution in [1.29, 1.82) is 0 Å². The van der Waals surface area contributed by atoms with Gasteiger partial charge in [-0.2, -0.15) is 5.10 Å². The third-order valence-corrected chi connectivity index (χ3v) is 4.91. The number of nitrogens with zero attached hydrogens (tertiary/aromatic N) is 3. The summed E-state index contributed by atoms with van der Waals surface area (Å²) < 4.78 is 13.1. The van der Waals surface area contributed by atoms with E-state index in [1.54, 1.807) is 4.68 Å². The topological polar surface area (TPSA) is 56.6 Å². The third kappa shape index (κ3) is 3.34. The molecule has 1 fully saturated rings.